The third-order valence-corrected chi connectivity index (χ3v) is 2.57. The van der Waals surface area contributed by atoms with Crippen molar-refractivity contribution in [3.63, 3.8) is 0 Å². The topological polar surface area (TPSA) is 68.0 Å². The minimum absolute atomic E-state index is 0. The second kappa shape index (κ2) is 5.09. The quantitative estimate of drug-likeness (QED) is 0.781. The molecule has 0 saturated carbocycles. The van der Waals surface area contributed by atoms with E-state index in [0.717, 1.165) is 25.1 Å². The lowest BCUT2D eigenvalue weighted by Crippen LogP contribution is -2.18. The van der Waals surface area contributed by atoms with E-state index in [1.165, 1.54) is 0 Å². The molecular formula is C10H14ClN3O. The number of halogens is 1. The molecule has 0 spiro atoms. The molecule has 15 heavy (non-hydrogen) atoms. The summed E-state index contributed by atoms with van der Waals surface area (Å²) in [5.41, 5.74) is 6.65. The number of pyridine rings is 1. The van der Waals surface area contributed by atoms with E-state index in [-0.39, 0.29) is 12.4 Å². The Morgan fingerprint density at radius 2 is 2.40 bits per heavy atom. The van der Waals surface area contributed by atoms with Crippen LogP contribution in [0.25, 0.3) is 0 Å². The highest BCUT2D eigenvalue weighted by atomic mass is 35.5. The summed E-state index contributed by atoms with van der Waals surface area (Å²) in [6.45, 7) is 1.91. The summed E-state index contributed by atoms with van der Waals surface area (Å²) >= 11 is 0. The predicted molar refractivity (Wildman–Crippen MR) is 60.2 cm³/mol. The molecule has 1 aliphatic rings. The summed E-state index contributed by atoms with van der Waals surface area (Å²) in [6, 6.07) is 3.78. The number of amides is 1. The molecule has 4 nitrogen and oxygen atoms in total. The molecule has 1 aliphatic heterocycles. The molecule has 0 aliphatic carbocycles. The summed E-state index contributed by atoms with van der Waals surface area (Å²) in [7, 11) is 0. The van der Waals surface area contributed by atoms with Gasteiger partial charge in [-0.1, -0.05) is 6.07 Å². The first-order chi connectivity index (χ1) is 6.79. The molecule has 0 radical (unpaired) electrons. The average molecular weight is 228 g/mol. The molecule has 1 saturated heterocycles. The third-order valence-electron chi connectivity index (χ3n) is 2.57. The lowest BCUT2D eigenvalue weighted by Gasteiger charge is -2.10. The molecule has 1 fully saturated rings. The molecule has 3 N–H and O–H groups in total. The van der Waals surface area contributed by atoms with Crippen molar-refractivity contribution in [2.24, 2.45) is 5.73 Å². The minimum atomic E-state index is -0.437. The normalized spacial score (nSPS) is 19.6. The summed E-state index contributed by atoms with van der Waals surface area (Å²) < 4.78 is 0. The number of carbonyl (C=O) groups excluding carboxylic acids is 1. The van der Waals surface area contributed by atoms with Crippen molar-refractivity contribution >= 4 is 18.3 Å². The van der Waals surface area contributed by atoms with E-state index in [1.54, 1.807) is 6.20 Å². The van der Waals surface area contributed by atoms with Gasteiger partial charge in [-0.05, 0) is 30.5 Å². The van der Waals surface area contributed by atoms with E-state index in [0.29, 0.717) is 11.6 Å². The minimum Gasteiger partial charge on any atom is -0.364 e. The van der Waals surface area contributed by atoms with E-state index in [2.05, 4.69) is 10.3 Å². The molecule has 0 bridgehead atoms. The monoisotopic (exact) mass is 227 g/mol. The zero-order valence-corrected chi connectivity index (χ0v) is 9.09. The summed E-state index contributed by atoms with van der Waals surface area (Å²) in [6.07, 6.45) is 2.65. The fraction of sp³-hybridized carbons (Fsp3) is 0.400. The Balaban J connectivity index is 0.00000112. The summed E-state index contributed by atoms with van der Waals surface area (Å²) in [5, 5.41) is 3.26. The van der Waals surface area contributed by atoms with Gasteiger partial charge in [0.2, 0.25) is 0 Å². The predicted octanol–water partition coefficient (Wildman–Crippen LogP) is 0.679. The van der Waals surface area contributed by atoms with Gasteiger partial charge in [-0.2, -0.15) is 0 Å². The van der Waals surface area contributed by atoms with Crippen molar-refractivity contribution in [1.82, 2.24) is 10.3 Å². The van der Waals surface area contributed by atoms with Gasteiger partial charge >= 0.3 is 0 Å². The van der Waals surface area contributed by atoms with Crippen LogP contribution in [0.4, 0.5) is 0 Å². The molecule has 1 atom stereocenters. The van der Waals surface area contributed by atoms with Crippen LogP contribution in [0, 0.1) is 0 Å². The lowest BCUT2D eigenvalue weighted by atomic mass is 9.96. The van der Waals surface area contributed by atoms with E-state index in [1.807, 2.05) is 12.1 Å². The van der Waals surface area contributed by atoms with Crippen LogP contribution in [0.5, 0.6) is 0 Å². The van der Waals surface area contributed by atoms with Crippen LogP contribution in [0.15, 0.2) is 18.3 Å². The van der Waals surface area contributed by atoms with Gasteiger partial charge in [-0.25, -0.2) is 0 Å². The maximum atomic E-state index is 11.1. The van der Waals surface area contributed by atoms with Crippen LogP contribution >= 0.6 is 12.4 Å². The van der Waals surface area contributed by atoms with Gasteiger partial charge in [0.25, 0.3) is 5.91 Å². The Bertz CT molecular complexity index is 350. The Morgan fingerprint density at radius 3 is 3.00 bits per heavy atom. The fourth-order valence-corrected chi connectivity index (χ4v) is 1.87. The van der Waals surface area contributed by atoms with Crippen molar-refractivity contribution in [3.8, 4) is 0 Å². The largest absolute Gasteiger partial charge is 0.364 e. The van der Waals surface area contributed by atoms with E-state index in [4.69, 9.17) is 5.73 Å². The maximum absolute atomic E-state index is 11.1. The number of aromatic nitrogens is 1. The molecule has 2 rings (SSSR count). The van der Waals surface area contributed by atoms with Crippen LogP contribution in [-0.2, 0) is 0 Å². The number of nitrogens with two attached hydrogens (primary N) is 1. The highest BCUT2D eigenvalue weighted by Gasteiger charge is 2.21. The van der Waals surface area contributed by atoms with Crippen LogP contribution in [0.3, 0.4) is 0 Å². The van der Waals surface area contributed by atoms with Gasteiger partial charge < -0.3 is 11.1 Å². The number of hydrogen-bond acceptors (Lipinski definition) is 3. The molecule has 0 unspecified atom stereocenters. The molecule has 82 valence electrons. The van der Waals surface area contributed by atoms with Gasteiger partial charge in [0.15, 0.2) is 0 Å². The SMILES string of the molecule is Cl.NC(=O)c1ncccc1[C@@H]1CCNC1. The molecule has 5 heteroatoms. The first-order valence-electron chi connectivity index (χ1n) is 4.74. The third kappa shape index (κ3) is 2.46. The highest BCUT2D eigenvalue weighted by molar-refractivity contribution is 5.92. The second-order valence-corrected chi connectivity index (χ2v) is 3.50. The van der Waals surface area contributed by atoms with Gasteiger partial charge in [0, 0.05) is 12.7 Å². The Kier molecular flexibility index (Phi) is 4.05. The van der Waals surface area contributed by atoms with Crippen LogP contribution in [0.1, 0.15) is 28.4 Å². The van der Waals surface area contributed by atoms with Crippen LogP contribution in [0.2, 0.25) is 0 Å². The Labute approximate surface area is 94.7 Å². The Morgan fingerprint density at radius 1 is 1.60 bits per heavy atom. The first kappa shape index (κ1) is 11.9. The second-order valence-electron chi connectivity index (χ2n) is 3.50. The van der Waals surface area contributed by atoms with E-state index in [9.17, 15) is 4.79 Å². The number of rotatable bonds is 2. The molecule has 0 aromatic carbocycles. The van der Waals surface area contributed by atoms with Gasteiger partial charge in [-0.15, -0.1) is 12.4 Å². The zero-order chi connectivity index (χ0) is 9.97. The van der Waals surface area contributed by atoms with Crippen molar-refractivity contribution < 1.29 is 4.79 Å². The average Bonchev–Trinajstić information content (AvgIpc) is 2.70. The molecular weight excluding hydrogens is 214 g/mol. The summed E-state index contributed by atoms with van der Waals surface area (Å²) in [4.78, 5) is 15.1. The standard InChI is InChI=1S/C10H13N3O.ClH/c11-10(14)9-8(2-1-4-13-9)7-3-5-12-6-7;/h1-2,4,7,12H,3,5-6H2,(H2,11,14);1H/t7-;/m1./s1. The molecule has 1 aromatic rings. The Hall–Kier alpha value is -1.13. The maximum Gasteiger partial charge on any atom is 0.267 e. The number of nitrogens with zero attached hydrogens (tertiary/aromatic N) is 1. The summed E-state index contributed by atoms with van der Waals surface area (Å²) in [5.74, 6) is -0.0568. The van der Waals surface area contributed by atoms with Crippen molar-refractivity contribution in [2.45, 2.75) is 12.3 Å². The van der Waals surface area contributed by atoms with Crippen molar-refractivity contribution in [2.75, 3.05) is 13.1 Å². The molecule has 1 aromatic heterocycles. The first-order valence-corrected chi connectivity index (χ1v) is 4.74. The number of primary amides is 1. The smallest absolute Gasteiger partial charge is 0.267 e. The number of carbonyl (C=O) groups is 1. The van der Waals surface area contributed by atoms with Gasteiger partial charge in [0.1, 0.15) is 5.69 Å². The molecule has 1 amide bonds. The van der Waals surface area contributed by atoms with Crippen LogP contribution in [-0.4, -0.2) is 24.0 Å². The van der Waals surface area contributed by atoms with Crippen LogP contribution < -0.4 is 11.1 Å². The molecule has 2 heterocycles. The zero-order valence-electron chi connectivity index (χ0n) is 8.27. The lowest BCUT2D eigenvalue weighted by molar-refractivity contribution is 0.0994. The van der Waals surface area contributed by atoms with Crippen molar-refractivity contribution in [1.29, 1.82) is 0 Å². The number of hydrogen-bond donors (Lipinski definition) is 2. The van der Waals surface area contributed by atoms with Crippen molar-refractivity contribution in [3.05, 3.63) is 29.6 Å². The van der Waals surface area contributed by atoms with E-state index >= 15 is 0 Å². The van der Waals surface area contributed by atoms with Gasteiger partial charge in [-0.3, -0.25) is 9.78 Å². The highest BCUT2D eigenvalue weighted by Crippen LogP contribution is 2.23. The number of nitrogens with one attached hydrogen (secondary N) is 1. The van der Waals surface area contributed by atoms with Gasteiger partial charge in [0.05, 0.1) is 0 Å². The van der Waals surface area contributed by atoms with E-state index < -0.39 is 5.91 Å². The fourth-order valence-electron chi connectivity index (χ4n) is 1.87.